The van der Waals surface area contributed by atoms with Crippen molar-refractivity contribution in [2.45, 2.75) is 26.3 Å². The molecule has 0 bridgehead atoms. The first-order chi connectivity index (χ1) is 17.8. The number of carbonyl (C=O) groups is 2. The summed E-state index contributed by atoms with van der Waals surface area (Å²) in [5.41, 5.74) is 2.41. The highest BCUT2D eigenvalue weighted by atomic mass is 35.5. The van der Waals surface area contributed by atoms with Crippen LogP contribution in [0.2, 0.25) is 5.02 Å². The maximum atomic E-state index is 13.3. The van der Waals surface area contributed by atoms with Crippen LogP contribution >= 0.6 is 11.6 Å². The molecule has 0 unspecified atom stereocenters. The number of aromatic nitrogens is 3. The molecule has 0 saturated carbocycles. The van der Waals surface area contributed by atoms with Crippen LogP contribution in [0, 0.1) is 5.92 Å². The van der Waals surface area contributed by atoms with Crippen molar-refractivity contribution in [1.82, 2.24) is 20.1 Å². The van der Waals surface area contributed by atoms with Crippen molar-refractivity contribution in [2.75, 3.05) is 14.2 Å². The smallest absolute Gasteiger partial charge is 0.326 e. The first-order valence-electron chi connectivity index (χ1n) is 11.7. The first kappa shape index (κ1) is 26.0. The number of benzene rings is 2. The van der Waals surface area contributed by atoms with E-state index in [1.165, 1.54) is 0 Å². The van der Waals surface area contributed by atoms with Gasteiger partial charge in [0, 0.05) is 16.6 Å². The van der Waals surface area contributed by atoms with Crippen LogP contribution in [0.3, 0.4) is 0 Å². The van der Waals surface area contributed by atoms with E-state index in [1.807, 2.05) is 13.0 Å². The van der Waals surface area contributed by atoms with Crippen LogP contribution in [0.15, 0.2) is 54.7 Å². The van der Waals surface area contributed by atoms with Crippen molar-refractivity contribution < 1.29 is 24.2 Å². The summed E-state index contributed by atoms with van der Waals surface area (Å²) in [7, 11) is 3.08. The Morgan fingerprint density at radius 2 is 1.81 bits per heavy atom. The van der Waals surface area contributed by atoms with Crippen LogP contribution in [-0.2, 0) is 4.79 Å². The van der Waals surface area contributed by atoms with E-state index in [0.29, 0.717) is 45.4 Å². The molecule has 192 valence electrons. The molecule has 37 heavy (non-hydrogen) atoms. The fourth-order valence-corrected chi connectivity index (χ4v) is 4.31. The number of carboxylic acids is 1. The fourth-order valence-electron chi connectivity index (χ4n) is 4.15. The highest BCUT2D eigenvalue weighted by Crippen LogP contribution is 2.40. The lowest BCUT2D eigenvalue weighted by molar-refractivity contribution is -0.140. The van der Waals surface area contributed by atoms with Gasteiger partial charge in [0.05, 0.1) is 36.7 Å². The van der Waals surface area contributed by atoms with Gasteiger partial charge in [-0.15, -0.1) is 0 Å². The lowest BCUT2D eigenvalue weighted by Gasteiger charge is -2.19. The summed E-state index contributed by atoms with van der Waals surface area (Å²) in [6.07, 6.45) is 2.21. The molecule has 2 heterocycles. The Bertz CT molecular complexity index is 1450. The Kier molecular flexibility index (Phi) is 7.63. The van der Waals surface area contributed by atoms with Gasteiger partial charge in [0.15, 0.2) is 5.69 Å². The van der Waals surface area contributed by atoms with E-state index < -0.39 is 17.9 Å². The molecule has 2 aromatic carbocycles. The fraction of sp³-hybridized carbons (Fsp3) is 0.259. The molecule has 4 aromatic rings. The van der Waals surface area contributed by atoms with Crippen LogP contribution < -0.4 is 14.8 Å². The summed E-state index contributed by atoms with van der Waals surface area (Å²) in [6, 6.07) is 13.0. The molecule has 0 spiro atoms. The predicted molar refractivity (Wildman–Crippen MR) is 141 cm³/mol. The standard InChI is InChI=1S/C27H27ClN4O5/c1-5-15(2)25(27(34)35)30-26(33)19-14-21(24-22(36-3)7-6-8-23(24)37-4)32(31-19)20-11-12-29-18-13-16(28)9-10-17(18)20/h6-15,25H,5H2,1-4H3,(H,30,33)(H,34,35)/t15-,25-/m0/s1. The molecule has 0 aliphatic carbocycles. The minimum Gasteiger partial charge on any atom is -0.496 e. The maximum absolute atomic E-state index is 13.3. The van der Waals surface area contributed by atoms with Crippen LogP contribution in [0.1, 0.15) is 30.8 Å². The minimum atomic E-state index is -1.11. The molecule has 9 nitrogen and oxygen atoms in total. The maximum Gasteiger partial charge on any atom is 0.326 e. The molecule has 1 amide bonds. The van der Waals surface area contributed by atoms with Crippen molar-refractivity contribution in [3.05, 3.63) is 65.4 Å². The topological polar surface area (TPSA) is 116 Å². The molecular formula is C27H27ClN4O5. The lowest BCUT2D eigenvalue weighted by atomic mass is 9.99. The van der Waals surface area contributed by atoms with Crippen LogP contribution in [0.25, 0.3) is 27.8 Å². The van der Waals surface area contributed by atoms with Crippen molar-refractivity contribution >= 4 is 34.4 Å². The molecular weight excluding hydrogens is 496 g/mol. The number of carbonyl (C=O) groups excluding carboxylic acids is 1. The number of hydrogen-bond acceptors (Lipinski definition) is 6. The molecule has 2 aromatic heterocycles. The Hall–Kier alpha value is -4.11. The summed E-state index contributed by atoms with van der Waals surface area (Å²) >= 11 is 6.18. The summed E-state index contributed by atoms with van der Waals surface area (Å²) in [5, 5.41) is 18.2. The van der Waals surface area contributed by atoms with E-state index in [0.717, 1.165) is 5.39 Å². The number of fused-ring (bicyclic) bond motifs is 1. The van der Waals surface area contributed by atoms with Gasteiger partial charge in [-0.05, 0) is 48.4 Å². The first-order valence-corrected chi connectivity index (χ1v) is 12.1. The lowest BCUT2D eigenvalue weighted by Crippen LogP contribution is -2.45. The van der Waals surface area contributed by atoms with E-state index in [2.05, 4.69) is 15.4 Å². The van der Waals surface area contributed by atoms with Crippen molar-refractivity contribution in [1.29, 1.82) is 0 Å². The molecule has 0 radical (unpaired) electrons. The van der Waals surface area contributed by atoms with Gasteiger partial charge in [-0.25, -0.2) is 9.48 Å². The highest BCUT2D eigenvalue weighted by Gasteiger charge is 2.28. The van der Waals surface area contributed by atoms with E-state index in [4.69, 9.17) is 21.1 Å². The van der Waals surface area contributed by atoms with Gasteiger partial charge in [0.25, 0.3) is 5.91 Å². The SMILES string of the molecule is CC[C@H](C)[C@H](NC(=O)c1cc(-c2c(OC)cccc2OC)n(-c2ccnc3cc(Cl)ccc23)n1)C(=O)O. The summed E-state index contributed by atoms with van der Waals surface area (Å²) in [5.74, 6) is -0.964. The van der Waals surface area contributed by atoms with Gasteiger partial charge in [-0.2, -0.15) is 5.10 Å². The molecule has 4 rings (SSSR count). The number of aliphatic carboxylic acids is 1. The highest BCUT2D eigenvalue weighted by molar-refractivity contribution is 6.31. The second kappa shape index (κ2) is 10.9. The zero-order chi connectivity index (χ0) is 26.7. The monoisotopic (exact) mass is 522 g/mol. The van der Waals surface area contributed by atoms with E-state index >= 15 is 0 Å². The molecule has 0 aliphatic heterocycles. The van der Waals surface area contributed by atoms with Gasteiger partial charge in [-0.3, -0.25) is 9.78 Å². The Morgan fingerprint density at radius 3 is 2.43 bits per heavy atom. The van der Waals surface area contributed by atoms with Gasteiger partial charge >= 0.3 is 5.97 Å². The number of nitrogens with one attached hydrogen (secondary N) is 1. The molecule has 2 N–H and O–H groups in total. The average Bonchev–Trinajstić information content (AvgIpc) is 3.34. The second-order valence-electron chi connectivity index (χ2n) is 8.53. The Morgan fingerprint density at radius 1 is 1.11 bits per heavy atom. The number of carboxylic acid groups (broad SMARTS) is 1. The van der Waals surface area contributed by atoms with E-state index in [-0.39, 0.29) is 11.6 Å². The molecule has 10 heteroatoms. The quantitative estimate of drug-likeness (QED) is 0.318. The summed E-state index contributed by atoms with van der Waals surface area (Å²) < 4.78 is 12.8. The van der Waals surface area contributed by atoms with Crippen LogP contribution in [0.4, 0.5) is 0 Å². The Labute approximate surface area is 219 Å². The third-order valence-electron chi connectivity index (χ3n) is 6.30. The van der Waals surface area contributed by atoms with Gasteiger partial charge in [0.1, 0.15) is 17.5 Å². The number of rotatable bonds is 9. The van der Waals surface area contributed by atoms with Crippen molar-refractivity contribution in [3.63, 3.8) is 0 Å². The minimum absolute atomic E-state index is 0.0384. The second-order valence-corrected chi connectivity index (χ2v) is 8.97. The zero-order valence-corrected chi connectivity index (χ0v) is 21.6. The predicted octanol–water partition coefficient (Wildman–Crippen LogP) is 4.99. The van der Waals surface area contributed by atoms with Crippen LogP contribution in [0.5, 0.6) is 11.5 Å². The normalized spacial score (nSPS) is 12.7. The Balaban J connectivity index is 1.94. The van der Waals surface area contributed by atoms with E-state index in [9.17, 15) is 14.7 Å². The molecule has 0 aliphatic rings. The van der Waals surface area contributed by atoms with Gasteiger partial charge in [0.2, 0.25) is 0 Å². The molecule has 2 atom stereocenters. The third kappa shape index (κ3) is 5.08. The van der Waals surface area contributed by atoms with Crippen LogP contribution in [-0.4, -0.2) is 52.0 Å². The van der Waals surface area contributed by atoms with Crippen molar-refractivity contribution in [3.8, 4) is 28.4 Å². The number of methoxy groups -OCH3 is 2. The number of ether oxygens (including phenoxy) is 2. The number of pyridine rings is 1. The zero-order valence-electron chi connectivity index (χ0n) is 20.9. The average molecular weight is 523 g/mol. The number of halogens is 1. The largest absolute Gasteiger partial charge is 0.496 e. The summed E-state index contributed by atoms with van der Waals surface area (Å²) in [6.45, 7) is 3.64. The number of amides is 1. The molecule has 0 fully saturated rings. The van der Waals surface area contributed by atoms with Gasteiger partial charge < -0.3 is 19.9 Å². The van der Waals surface area contributed by atoms with Crippen molar-refractivity contribution in [2.24, 2.45) is 5.92 Å². The van der Waals surface area contributed by atoms with E-state index in [1.54, 1.807) is 74.5 Å². The number of hydrogen-bond donors (Lipinski definition) is 2. The third-order valence-corrected chi connectivity index (χ3v) is 6.54. The van der Waals surface area contributed by atoms with Gasteiger partial charge in [-0.1, -0.05) is 37.9 Å². The molecule has 0 saturated heterocycles. The number of nitrogens with zero attached hydrogens (tertiary/aromatic N) is 3. The summed E-state index contributed by atoms with van der Waals surface area (Å²) in [4.78, 5) is 29.5.